The Morgan fingerprint density at radius 1 is 1.00 bits per heavy atom. The number of quaternary nitrogens is 1. The standard InChI is InChI=1S/C14H11Cl2NO2.C4H12NO3/c15-10-5-3-6-11(16)14(10)17-12-7-2-1-4-9(12)8-13(18)19;1-5(2-6,3-7)4-8/h1-7,17H,8H2,(H,18,19);6-8H,2-4H2,1H3/q;+1/p-1. The Kier molecular flexibility index (Phi) is 9.51. The van der Waals surface area contributed by atoms with Crippen LogP contribution in [0.1, 0.15) is 5.56 Å². The van der Waals surface area contributed by atoms with Gasteiger partial charge in [0.1, 0.15) is 0 Å². The number of hydrogen-bond acceptors (Lipinski definition) is 6. The lowest BCUT2D eigenvalue weighted by Crippen LogP contribution is -2.46. The molecular weight excluding hydrogens is 395 g/mol. The van der Waals surface area contributed by atoms with Crippen molar-refractivity contribution in [3.8, 4) is 0 Å². The molecule has 0 fully saturated rings. The third-order valence-electron chi connectivity index (χ3n) is 3.60. The Labute approximate surface area is 167 Å². The summed E-state index contributed by atoms with van der Waals surface area (Å²) >= 11 is 12.1. The number of nitrogens with one attached hydrogen (secondary N) is 1. The fourth-order valence-electron chi connectivity index (χ4n) is 1.84. The third-order valence-corrected chi connectivity index (χ3v) is 4.23. The lowest BCUT2D eigenvalue weighted by Gasteiger charge is -2.25. The van der Waals surface area contributed by atoms with Crippen molar-refractivity contribution in [3.05, 3.63) is 58.1 Å². The number of aliphatic hydroxyl groups is 3. The van der Waals surface area contributed by atoms with Gasteiger partial charge in [0.05, 0.1) is 22.8 Å². The van der Waals surface area contributed by atoms with E-state index in [1.807, 2.05) is 0 Å². The van der Waals surface area contributed by atoms with Gasteiger partial charge in [-0.05, 0) is 23.8 Å². The van der Waals surface area contributed by atoms with Crippen LogP contribution in [0.15, 0.2) is 42.5 Å². The average molecular weight is 417 g/mol. The second-order valence-corrected chi connectivity index (χ2v) is 6.79. The number of carbonyl (C=O) groups is 1. The molecule has 2 aromatic rings. The molecule has 0 spiro atoms. The number of nitrogens with zero attached hydrogens (tertiary/aromatic N) is 1. The maximum absolute atomic E-state index is 10.7. The van der Waals surface area contributed by atoms with Gasteiger partial charge in [0.25, 0.3) is 0 Å². The van der Waals surface area contributed by atoms with Crippen LogP contribution < -0.4 is 10.4 Å². The molecule has 0 amide bonds. The van der Waals surface area contributed by atoms with Crippen molar-refractivity contribution < 1.29 is 29.7 Å². The summed E-state index contributed by atoms with van der Waals surface area (Å²) in [6.07, 6.45) is -0.175. The topological polar surface area (TPSA) is 113 Å². The smallest absolute Gasteiger partial charge is 0.183 e. The van der Waals surface area contributed by atoms with Crippen LogP contribution >= 0.6 is 23.2 Å². The van der Waals surface area contributed by atoms with Crippen molar-refractivity contribution in [2.45, 2.75) is 6.42 Å². The van der Waals surface area contributed by atoms with E-state index in [2.05, 4.69) is 5.32 Å². The number of anilines is 2. The van der Waals surface area contributed by atoms with Gasteiger partial charge in [0, 0.05) is 18.1 Å². The van der Waals surface area contributed by atoms with E-state index in [-0.39, 0.29) is 31.1 Å². The Bertz CT molecular complexity index is 726. The van der Waals surface area contributed by atoms with Crippen LogP contribution in [0.3, 0.4) is 0 Å². The molecule has 2 rings (SSSR count). The zero-order valence-electron chi connectivity index (χ0n) is 14.7. The lowest BCUT2D eigenvalue weighted by atomic mass is 10.1. The van der Waals surface area contributed by atoms with E-state index in [9.17, 15) is 9.90 Å². The molecule has 0 unspecified atom stereocenters. The molecule has 27 heavy (non-hydrogen) atoms. The molecule has 4 N–H and O–H groups in total. The number of hydrogen-bond donors (Lipinski definition) is 4. The van der Waals surface area contributed by atoms with Crippen molar-refractivity contribution in [2.75, 3.05) is 32.6 Å². The van der Waals surface area contributed by atoms with Gasteiger partial charge in [-0.3, -0.25) is 4.48 Å². The summed E-state index contributed by atoms with van der Waals surface area (Å²) in [6.45, 7) is -0.729. The van der Waals surface area contributed by atoms with E-state index in [4.69, 9.17) is 38.5 Å². The van der Waals surface area contributed by atoms with Crippen LogP contribution in [0, 0.1) is 0 Å². The Morgan fingerprint density at radius 2 is 1.52 bits per heavy atom. The second-order valence-electron chi connectivity index (χ2n) is 5.97. The van der Waals surface area contributed by atoms with Gasteiger partial charge >= 0.3 is 0 Å². The first-order valence-corrected chi connectivity index (χ1v) is 8.67. The minimum absolute atomic E-state index is 0.125. The number of benzene rings is 2. The summed E-state index contributed by atoms with van der Waals surface area (Å²) in [7, 11) is 1.54. The molecule has 0 bridgehead atoms. The van der Waals surface area contributed by atoms with Crippen LogP contribution in [-0.4, -0.2) is 53.0 Å². The number of aliphatic carboxylic acids is 1. The number of carboxylic acids is 1. The fourth-order valence-corrected chi connectivity index (χ4v) is 2.33. The predicted molar refractivity (Wildman–Crippen MR) is 102 cm³/mol. The highest BCUT2D eigenvalue weighted by Crippen LogP contribution is 2.33. The van der Waals surface area contributed by atoms with Gasteiger partial charge < -0.3 is 30.5 Å². The zero-order valence-corrected chi connectivity index (χ0v) is 16.2. The molecule has 0 aliphatic carbocycles. The van der Waals surface area contributed by atoms with Crippen LogP contribution in [0.25, 0.3) is 0 Å². The minimum atomic E-state index is -1.14. The number of carboxylic acid groups (broad SMARTS) is 1. The summed E-state index contributed by atoms with van der Waals surface area (Å²) in [4.78, 5) is 10.7. The maximum Gasteiger partial charge on any atom is 0.183 e. The van der Waals surface area contributed by atoms with Crippen LogP contribution in [-0.2, 0) is 11.2 Å². The monoisotopic (exact) mass is 416 g/mol. The van der Waals surface area contributed by atoms with E-state index in [1.165, 1.54) is 0 Å². The average Bonchev–Trinajstić information content (AvgIpc) is 2.65. The quantitative estimate of drug-likeness (QED) is 0.399. The lowest BCUT2D eigenvalue weighted by molar-refractivity contribution is -0.959. The predicted octanol–water partition coefficient (Wildman–Crippen LogP) is 1.31. The minimum Gasteiger partial charge on any atom is -0.550 e. The Hall–Kier alpha value is -1.87. The molecule has 148 valence electrons. The van der Waals surface area contributed by atoms with E-state index >= 15 is 0 Å². The van der Waals surface area contributed by atoms with E-state index in [1.54, 1.807) is 49.5 Å². The number of carbonyl (C=O) groups excluding carboxylic acids is 1. The van der Waals surface area contributed by atoms with E-state index in [0.29, 0.717) is 27.0 Å². The molecule has 0 atom stereocenters. The molecule has 0 aromatic heterocycles. The molecule has 0 radical (unpaired) electrons. The number of para-hydroxylation sites is 2. The summed E-state index contributed by atoms with van der Waals surface area (Å²) in [5, 5.41) is 40.0. The van der Waals surface area contributed by atoms with Crippen molar-refractivity contribution in [1.29, 1.82) is 0 Å². The molecule has 0 aliphatic rings. The highest BCUT2D eigenvalue weighted by atomic mass is 35.5. The van der Waals surface area contributed by atoms with E-state index in [0.717, 1.165) is 0 Å². The van der Waals surface area contributed by atoms with Gasteiger partial charge in [0.15, 0.2) is 20.2 Å². The first-order valence-electron chi connectivity index (χ1n) is 7.91. The second kappa shape index (κ2) is 11.1. The maximum atomic E-state index is 10.7. The number of rotatable bonds is 7. The fraction of sp³-hybridized carbons (Fsp3) is 0.278. The molecule has 9 heteroatoms. The number of halogens is 2. The van der Waals surface area contributed by atoms with Crippen LogP contribution in [0.5, 0.6) is 0 Å². The van der Waals surface area contributed by atoms with Crippen molar-refractivity contribution in [1.82, 2.24) is 0 Å². The van der Waals surface area contributed by atoms with Gasteiger partial charge in [0.2, 0.25) is 0 Å². The highest BCUT2D eigenvalue weighted by Gasteiger charge is 2.15. The summed E-state index contributed by atoms with van der Waals surface area (Å²) in [6, 6.07) is 12.2. The Morgan fingerprint density at radius 3 is 1.96 bits per heavy atom. The summed E-state index contributed by atoms with van der Waals surface area (Å²) in [5.41, 5.74) is 1.80. The normalized spacial score (nSPS) is 10.7. The van der Waals surface area contributed by atoms with Gasteiger partial charge in [-0.15, -0.1) is 0 Å². The molecule has 0 aliphatic heterocycles. The highest BCUT2D eigenvalue weighted by molar-refractivity contribution is 6.39. The Balaban J connectivity index is 0.000000387. The van der Waals surface area contributed by atoms with Gasteiger partial charge in [-0.25, -0.2) is 0 Å². The first kappa shape index (κ1) is 23.2. The van der Waals surface area contributed by atoms with Crippen molar-refractivity contribution in [3.63, 3.8) is 0 Å². The SMILES string of the molecule is C[N+](CO)(CO)CO.O=C([O-])Cc1ccccc1Nc1c(Cl)cccc1Cl. The molecule has 0 saturated heterocycles. The van der Waals surface area contributed by atoms with Crippen molar-refractivity contribution in [2.24, 2.45) is 0 Å². The molecule has 2 aromatic carbocycles. The molecule has 0 saturated carbocycles. The van der Waals surface area contributed by atoms with E-state index < -0.39 is 5.97 Å². The van der Waals surface area contributed by atoms with Gasteiger partial charge in [-0.2, -0.15) is 0 Å². The number of aliphatic hydroxyl groups excluding tert-OH is 3. The largest absolute Gasteiger partial charge is 0.550 e. The summed E-state index contributed by atoms with van der Waals surface area (Å²) in [5.74, 6) is -1.14. The molecular formula is C18H22Cl2N2O5. The van der Waals surface area contributed by atoms with Gasteiger partial charge in [-0.1, -0.05) is 47.5 Å². The van der Waals surface area contributed by atoms with Crippen LogP contribution in [0.2, 0.25) is 10.0 Å². The summed E-state index contributed by atoms with van der Waals surface area (Å²) < 4.78 is -0.125. The van der Waals surface area contributed by atoms with Crippen molar-refractivity contribution >= 4 is 40.5 Å². The zero-order chi connectivity index (χ0) is 20.4. The molecule has 7 nitrogen and oxygen atoms in total. The first-order chi connectivity index (χ1) is 12.8. The third kappa shape index (κ3) is 7.34. The van der Waals surface area contributed by atoms with Crippen LogP contribution in [0.4, 0.5) is 11.4 Å². The molecule has 0 heterocycles.